The molecule has 0 atom stereocenters. The number of carbonyl (C=O) groups is 1. The van der Waals surface area contributed by atoms with E-state index in [1.54, 1.807) is 12.3 Å². The number of ether oxygens (including phenoxy) is 1. The molecule has 2 aromatic carbocycles. The third-order valence-electron chi connectivity index (χ3n) is 7.20. The van der Waals surface area contributed by atoms with Gasteiger partial charge in [-0.25, -0.2) is 22.5 Å². The second kappa shape index (κ2) is 9.60. The summed E-state index contributed by atoms with van der Waals surface area (Å²) in [6, 6.07) is 11.1. The van der Waals surface area contributed by atoms with Gasteiger partial charge in [-0.1, -0.05) is 0 Å². The van der Waals surface area contributed by atoms with Crippen LogP contribution in [0.2, 0.25) is 0 Å². The quantitative estimate of drug-likeness (QED) is 0.338. The second-order valence-electron chi connectivity index (χ2n) is 9.97. The molecule has 4 aromatic rings. The Balaban J connectivity index is 1.23. The lowest BCUT2D eigenvalue weighted by Crippen LogP contribution is -2.26. The largest absolute Gasteiger partial charge is 0.439 e. The van der Waals surface area contributed by atoms with Gasteiger partial charge in [-0.15, -0.1) is 0 Å². The zero-order valence-corrected chi connectivity index (χ0v) is 22.7. The number of halogens is 1. The highest BCUT2D eigenvalue weighted by Crippen LogP contribution is 2.36. The van der Waals surface area contributed by atoms with Gasteiger partial charge in [0.15, 0.2) is 5.78 Å². The van der Waals surface area contributed by atoms with Gasteiger partial charge in [-0.3, -0.25) is 9.10 Å². The molecular weight excluding hydrogens is 533 g/mol. The predicted molar refractivity (Wildman–Crippen MR) is 150 cm³/mol. The number of Topliss-reactive ketones (excluding diaryl/α,β-unsaturated/α-hetero) is 1. The highest BCUT2D eigenvalue weighted by Gasteiger charge is 2.31. The van der Waals surface area contributed by atoms with E-state index in [9.17, 15) is 17.6 Å². The number of allylic oxidation sites excluding steroid dienone is 1. The Kier molecular flexibility index (Phi) is 6.18. The van der Waals surface area contributed by atoms with Crippen LogP contribution in [0.15, 0.2) is 60.4 Å². The number of aromatic nitrogens is 3. The molecule has 2 aliphatic rings. The van der Waals surface area contributed by atoms with Crippen molar-refractivity contribution in [2.75, 3.05) is 22.3 Å². The molecule has 0 unspecified atom stereocenters. The molecule has 0 bridgehead atoms. The molecule has 2 N–H and O–H groups in total. The first-order chi connectivity index (χ1) is 19.1. The van der Waals surface area contributed by atoms with Gasteiger partial charge < -0.3 is 10.5 Å². The molecule has 1 fully saturated rings. The van der Waals surface area contributed by atoms with Crippen LogP contribution in [0.3, 0.4) is 0 Å². The average Bonchev–Trinajstić information content (AvgIpc) is 3.60. The molecule has 204 valence electrons. The number of hydrogen-bond donors (Lipinski definition) is 1. The number of fused-ring (bicyclic) bond motifs is 1. The van der Waals surface area contributed by atoms with E-state index in [0.29, 0.717) is 48.0 Å². The minimum absolute atomic E-state index is 0.147. The summed E-state index contributed by atoms with van der Waals surface area (Å²) in [4.78, 5) is 17.8. The van der Waals surface area contributed by atoms with Crippen molar-refractivity contribution in [3.63, 3.8) is 0 Å². The maximum atomic E-state index is 13.5. The molecule has 2 aromatic heterocycles. The van der Waals surface area contributed by atoms with Crippen molar-refractivity contribution in [3.05, 3.63) is 94.1 Å². The molecule has 1 aliphatic carbocycles. The Hall–Kier alpha value is -4.51. The Morgan fingerprint density at radius 1 is 1.05 bits per heavy atom. The minimum Gasteiger partial charge on any atom is -0.439 e. The van der Waals surface area contributed by atoms with Crippen LogP contribution in [0.1, 0.15) is 39.0 Å². The summed E-state index contributed by atoms with van der Waals surface area (Å²) in [5.41, 5.74) is 11.9. The molecule has 6 rings (SSSR count). The van der Waals surface area contributed by atoms with Crippen LogP contribution in [0.4, 0.5) is 15.9 Å². The van der Waals surface area contributed by atoms with Gasteiger partial charge in [0.05, 0.1) is 35.1 Å². The molecule has 0 amide bonds. The first-order valence-electron chi connectivity index (χ1n) is 12.7. The number of aryl methyl sites for hydroxylation is 2. The fourth-order valence-corrected chi connectivity index (χ4v) is 6.76. The van der Waals surface area contributed by atoms with E-state index in [0.717, 1.165) is 22.3 Å². The molecule has 11 heteroatoms. The van der Waals surface area contributed by atoms with Gasteiger partial charge in [-0.05, 0) is 85.0 Å². The van der Waals surface area contributed by atoms with Crippen LogP contribution >= 0.6 is 0 Å². The van der Waals surface area contributed by atoms with Gasteiger partial charge in [0.2, 0.25) is 15.9 Å². The Morgan fingerprint density at radius 2 is 1.80 bits per heavy atom. The van der Waals surface area contributed by atoms with Crippen LogP contribution in [0, 0.1) is 19.7 Å². The smallest absolute Gasteiger partial charge is 0.235 e. The van der Waals surface area contributed by atoms with Crippen molar-refractivity contribution in [1.29, 1.82) is 0 Å². The summed E-state index contributed by atoms with van der Waals surface area (Å²) in [5, 5.41) is 4.36. The average molecular weight is 560 g/mol. The predicted octanol–water partition coefficient (Wildman–Crippen LogP) is 4.76. The summed E-state index contributed by atoms with van der Waals surface area (Å²) >= 11 is 0. The number of nitrogen functional groups attached to an aromatic ring is 1. The zero-order chi connectivity index (χ0) is 28.2. The number of ketones is 1. The topological polar surface area (TPSA) is 120 Å². The van der Waals surface area contributed by atoms with Gasteiger partial charge >= 0.3 is 0 Å². The highest BCUT2D eigenvalue weighted by molar-refractivity contribution is 7.93. The van der Waals surface area contributed by atoms with Crippen molar-refractivity contribution in [3.8, 4) is 17.3 Å². The van der Waals surface area contributed by atoms with E-state index < -0.39 is 10.0 Å². The molecule has 0 saturated carbocycles. The SMILES string of the molecule is Cc1cc2c(cc1N1CCCS1(=O)=O)CC(C(=O)c1cnn(-c3cnc(Oc4ccc(F)cc4)cc3C)c1N)=C2. The van der Waals surface area contributed by atoms with Crippen LogP contribution in [-0.4, -0.2) is 41.3 Å². The van der Waals surface area contributed by atoms with Crippen molar-refractivity contribution < 1.29 is 22.3 Å². The van der Waals surface area contributed by atoms with E-state index in [1.165, 1.54) is 39.4 Å². The number of anilines is 2. The molecule has 3 heterocycles. The fraction of sp³-hybridized carbons (Fsp3) is 0.207. The van der Waals surface area contributed by atoms with Crippen LogP contribution in [-0.2, 0) is 16.4 Å². The lowest BCUT2D eigenvalue weighted by Gasteiger charge is -2.20. The summed E-state index contributed by atoms with van der Waals surface area (Å²) in [5.74, 6) is 0.492. The maximum Gasteiger partial charge on any atom is 0.235 e. The van der Waals surface area contributed by atoms with Crippen molar-refractivity contribution in [2.45, 2.75) is 26.7 Å². The third kappa shape index (κ3) is 4.51. The van der Waals surface area contributed by atoms with Crippen molar-refractivity contribution >= 4 is 33.4 Å². The number of hydrogen-bond acceptors (Lipinski definition) is 7. The zero-order valence-electron chi connectivity index (χ0n) is 21.9. The molecule has 0 radical (unpaired) electrons. The van der Waals surface area contributed by atoms with Crippen molar-refractivity contribution in [1.82, 2.24) is 14.8 Å². The summed E-state index contributed by atoms with van der Waals surface area (Å²) in [7, 11) is -3.31. The molecule has 0 spiro atoms. The maximum absolute atomic E-state index is 13.5. The lowest BCUT2D eigenvalue weighted by atomic mass is 10.0. The fourth-order valence-electron chi connectivity index (χ4n) is 5.14. The normalized spacial score (nSPS) is 15.7. The van der Waals surface area contributed by atoms with E-state index in [-0.39, 0.29) is 28.7 Å². The van der Waals surface area contributed by atoms with Gasteiger partial charge in [0, 0.05) is 24.6 Å². The minimum atomic E-state index is -3.31. The molecule has 1 aliphatic heterocycles. The van der Waals surface area contributed by atoms with Gasteiger partial charge in [-0.2, -0.15) is 5.10 Å². The first kappa shape index (κ1) is 25.8. The third-order valence-corrected chi connectivity index (χ3v) is 9.06. The van der Waals surface area contributed by atoms with Gasteiger partial charge in [0.25, 0.3) is 0 Å². The number of sulfonamides is 1. The molecule has 9 nitrogen and oxygen atoms in total. The van der Waals surface area contributed by atoms with Crippen LogP contribution in [0.5, 0.6) is 11.6 Å². The Labute approximate surface area is 230 Å². The number of carbonyl (C=O) groups excluding carboxylic acids is 1. The van der Waals surface area contributed by atoms with Gasteiger partial charge in [0.1, 0.15) is 17.4 Å². The van der Waals surface area contributed by atoms with E-state index in [4.69, 9.17) is 10.5 Å². The van der Waals surface area contributed by atoms with E-state index in [1.807, 2.05) is 32.1 Å². The second-order valence-corrected chi connectivity index (χ2v) is 12.0. The van der Waals surface area contributed by atoms with Crippen molar-refractivity contribution in [2.24, 2.45) is 0 Å². The van der Waals surface area contributed by atoms with E-state index >= 15 is 0 Å². The lowest BCUT2D eigenvalue weighted by molar-refractivity contribution is 0.103. The number of nitrogens with zero attached hydrogens (tertiary/aromatic N) is 4. The molecular formula is C29H26FN5O4S. The monoisotopic (exact) mass is 559 g/mol. The molecule has 1 saturated heterocycles. The molecule has 40 heavy (non-hydrogen) atoms. The van der Waals surface area contributed by atoms with Crippen LogP contribution in [0.25, 0.3) is 11.8 Å². The Morgan fingerprint density at radius 3 is 2.50 bits per heavy atom. The summed E-state index contributed by atoms with van der Waals surface area (Å²) in [6.45, 7) is 4.18. The standard InChI is InChI=1S/C29H26FN5O4S/c1-17-10-19-12-21(13-20(19)14-25(17)34-8-3-9-40(34,37)38)28(36)24-15-33-35(29(24)31)26-16-32-27(11-18(26)2)39-23-6-4-22(30)5-7-23/h4-7,10-12,14-16H,3,8-9,13,31H2,1-2H3. The van der Waals surface area contributed by atoms with E-state index in [2.05, 4.69) is 10.1 Å². The summed E-state index contributed by atoms with van der Waals surface area (Å²) in [6.07, 6.45) is 5.79. The number of benzene rings is 2. The number of rotatable bonds is 6. The van der Waals surface area contributed by atoms with Crippen LogP contribution < -0.4 is 14.8 Å². The highest BCUT2D eigenvalue weighted by atomic mass is 32.2. The summed E-state index contributed by atoms with van der Waals surface area (Å²) < 4.78 is 46.8. The Bertz CT molecular complexity index is 1810. The number of nitrogens with two attached hydrogens (primary N) is 1. The number of pyridine rings is 1. The first-order valence-corrected chi connectivity index (χ1v) is 14.3.